The predicted octanol–water partition coefficient (Wildman–Crippen LogP) is 2.34. The molecule has 5 heteroatoms. The van der Waals surface area contributed by atoms with E-state index in [-0.39, 0.29) is 18.6 Å². The van der Waals surface area contributed by atoms with E-state index in [0.717, 1.165) is 36.7 Å². The Kier molecular flexibility index (Phi) is 5.74. The van der Waals surface area contributed by atoms with Gasteiger partial charge in [-0.05, 0) is 31.7 Å². The predicted molar refractivity (Wildman–Crippen MR) is 94.9 cm³/mol. The fourth-order valence-electron chi connectivity index (χ4n) is 3.84. The molecule has 0 bridgehead atoms. The number of amides is 2. The number of nitrogens with zero attached hydrogens (tertiary/aromatic N) is 1. The van der Waals surface area contributed by atoms with Gasteiger partial charge in [-0.3, -0.25) is 4.90 Å². The van der Waals surface area contributed by atoms with Gasteiger partial charge in [0.25, 0.3) is 0 Å². The summed E-state index contributed by atoms with van der Waals surface area (Å²) >= 11 is 0. The molecule has 0 unspecified atom stereocenters. The number of urea groups is 1. The number of carbonyl (C=O) groups is 1. The first-order valence-electron chi connectivity index (χ1n) is 9.15. The molecule has 1 aliphatic heterocycles. The summed E-state index contributed by atoms with van der Waals surface area (Å²) in [4.78, 5) is 14.6. The van der Waals surface area contributed by atoms with Gasteiger partial charge in [-0.15, -0.1) is 0 Å². The van der Waals surface area contributed by atoms with Crippen LogP contribution in [0.4, 0.5) is 4.79 Å². The zero-order valence-electron chi connectivity index (χ0n) is 14.5. The lowest BCUT2D eigenvalue weighted by Gasteiger charge is -2.23. The fourth-order valence-corrected chi connectivity index (χ4v) is 3.84. The third-order valence-electron chi connectivity index (χ3n) is 5.31. The first-order valence-corrected chi connectivity index (χ1v) is 9.15. The Morgan fingerprint density at radius 1 is 1.25 bits per heavy atom. The molecule has 0 radical (unpaired) electrons. The average molecular weight is 331 g/mol. The molecular formula is C19H29N3O2. The Labute approximate surface area is 144 Å². The second-order valence-electron chi connectivity index (χ2n) is 7.20. The standard InChI is InChI=1S/C19H29N3O2/c1-14-6-8-15(9-7-14)18(23)12-20-19(24)21-16-10-11-22(13-16)17-4-2-3-5-17/h6-9,16-18,23H,2-5,10-13H2,1H3,(H2,20,21,24)/t16-,18+/m0/s1. The highest BCUT2D eigenvalue weighted by Crippen LogP contribution is 2.26. The van der Waals surface area contributed by atoms with Crippen LogP contribution in [-0.4, -0.2) is 47.8 Å². The molecule has 0 spiro atoms. The number of rotatable bonds is 5. The largest absolute Gasteiger partial charge is 0.387 e. The van der Waals surface area contributed by atoms with Crippen LogP contribution in [0.3, 0.4) is 0 Å². The lowest BCUT2D eigenvalue weighted by molar-refractivity contribution is 0.172. The topological polar surface area (TPSA) is 64.6 Å². The summed E-state index contributed by atoms with van der Waals surface area (Å²) in [6.07, 6.45) is 5.65. The van der Waals surface area contributed by atoms with Crippen LogP contribution < -0.4 is 10.6 Å². The van der Waals surface area contributed by atoms with Gasteiger partial charge >= 0.3 is 6.03 Å². The summed E-state index contributed by atoms with van der Waals surface area (Å²) < 4.78 is 0. The number of hydrogen-bond donors (Lipinski definition) is 3. The molecule has 132 valence electrons. The molecule has 2 atom stereocenters. The fraction of sp³-hybridized carbons (Fsp3) is 0.632. The monoisotopic (exact) mass is 331 g/mol. The highest BCUT2D eigenvalue weighted by Gasteiger charge is 2.30. The van der Waals surface area contributed by atoms with Crippen LogP contribution in [0.2, 0.25) is 0 Å². The Balaban J connectivity index is 1.39. The van der Waals surface area contributed by atoms with Crippen molar-refractivity contribution in [1.29, 1.82) is 0 Å². The Bertz CT molecular complexity index is 540. The molecule has 1 saturated carbocycles. The van der Waals surface area contributed by atoms with Crippen LogP contribution in [-0.2, 0) is 0 Å². The maximum absolute atomic E-state index is 12.1. The van der Waals surface area contributed by atoms with E-state index in [4.69, 9.17) is 0 Å². The molecule has 5 nitrogen and oxygen atoms in total. The summed E-state index contributed by atoms with van der Waals surface area (Å²) in [5.74, 6) is 0. The number of carbonyl (C=O) groups excluding carboxylic acids is 1. The zero-order chi connectivity index (χ0) is 16.9. The first-order chi connectivity index (χ1) is 11.6. The molecule has 1 heterocycles. The maximum atomic E-state index is 12.1. The van der Waals surface area contributed by atoms with E-state index in [1.165, 1.54) is 25.7 Å². The molecule has 1 aromatic rings. The lowest BCUT2D eigenvalue weighted by Crippen LogP contribution is -2.45. The average Bonchev–Trinajstić information content (AvgIpc) is 3.24. The second-order valence-corrected chi connectivity index (χ2v) is 7.20. The lowest BCUT2D eigenvalue weighted by atomic mass is 10.1. The van der Waals surface area contributed by atoms with Gasteiger partial charge in [-0.2, -0.15) is 0 Å². The zero-order valence-corrected chi connectivity index (χ0v) is 14.5. The van der Waals surface area contributed by atoms with Gasteiger partial charge < -0.3 is 15.7 Å². The molecule has 24 heavy (non-hydrogen) atoms. The molecule has 3 rings (SSSR count). The molecular weight excluding hydrogens is 302 g/mol. The summed E-state index contributed by atoms with van der Waals surface area (Å²) in [6, 6.07) is 8.50. The van der Waals surface area contributed by atoms with Crippen LogP contribution in [0, 0.1) is 6.92 Å². The van der Waals surface area contributed by atoms with E-state index < -0.39 is 6.10 Å². The van der Waals surface area contributed by atoms with Gasteiger partial charge in [-0.25, -0.2) is 4.79 Å². The van der Waals surface area contributed by atoms with Crippen LogP contribution in [0.5, 0.6) is 0 Å². The summed E-state index contributed by atoms with van der Waals surface area (Å²) in [7, 11) is 0. The Hall–Kier alpha value is -1.59. The quantitative estimate of drug-likeness (QED) is 0.776. The van der Waals surface area contributed by atoms with Gasteiger partial charge in [0.05, 0.1) is 6.10 Å². The highest BCUT2D eigenvalue weighted by molar-refractivity contribution is 5.74. The molecule has 1 aliphatic carbocycles. The van der Waals surface area contributed by atoms with Gasteiger partial charge in [0, 0.05) is 31.7 Å². The van der Waals surface area contributed by atoms with Crippen molar-refractivity contribution in [2.45, 2.75) is 57.2 Å². The van der Waals surface area contributed by atoms with E-state index in [1.54, 1.807) is 0 Å². The minimum Gasteiger partial charge on any atom is -0.387 e. The van der Waals surface area contributed by atoms with Crippen molar-refractivity contribution in [3.8, 4) is 0 Å². The third kappa shape index (κ3) is 4.48. The van der Waals surface area contributed by atoms with E-state index in [9.17, 15) is 9.90 Å². The minimum atomic E-state index is -0.671. The van der Waals surface area contributed by atoms with Crippen molar-refractivity contribution < 1.29 is 9.90 Å². The Morgan fingerprint density at radius 3 is 2.67 bits per heavy atom. The van der Waals surface area contributed by atoms with Gasteiger partial charge in [0.1, 0.15) is 0 Å². The molecule has 1 saturated heterocycles. The molecule has 2 aliphatic rings. The third-order valence-corrected chi connectivity index (χ3v) is 5.31. The summed E-state index contributed by atoms with van der Waals surface area (Å²) in [5, 5.41) is 16.0. The molecule has 0 aromatic heterocycles. The van der Waals surface area contributed by atoms with E-state index >= 15 is 0 Å². The van der Waals surface area contributed by atoms with Crippen molar-refractivity contribution in [2.24, 2.45) is 0 Å². The maximum Gasteiger partial charge on any atom is 0.315 e. The number of hydrogen-bond acceptors (Lipinski definition) is 3. The normalized spacial score (nSPS) is 23.3. The van der Waals surface area contributed by atoms with Crippen molar-refractivity contribution in [1.82, 2.24) is 15.5 Å². The number of likely N-dealkylation sites (tertiary alicyclic amines) is 1. The van der Waals surface area contributed by atoms with Gasteiger partial charge in [0.2, 0.25) is 0 Å². The van der Waals surface area contributed by atoms with Crippen LogP contribution >= 0.6 is 0 Å². The first kappa shape index (κ1) is 17.2. The number of nitrogens with one attached hydrogen (secondary N) is 2. The number of aliphatic hydroxyl groups excluding tert-OH is 1. The minimum absolute atomic E-state index is 0.181. The molecule has 2 amide bonds. The number of benzene rings is 1. The molecule has 1 aromatic carbocycles. The number of aryl methyl sites for hydroxylation is 1. The van der Waals surface area contributed by atoms with Gasteiger partial charge in [0.15, 0.2) is 0 Å². The SMILES string of the molecule is Cc1ccc([C@H](O)CNC(=O)N[C@H]2CCN(C3CCCC3)C2)cc1. The summed E-state index contributed by atoms with van der Waals surface area (Å²) in [6.45, 7) is 4.28. The second kappa shape index (κ2) is 7.99. The van der Waals surface area contributed by atoms with Crippen LogP contribution in [0.25, 0.3) is 0 Å². The van der Waals surface area contributed by atoms with E-state index in [1.807, 2.05) is 31.2 Å². The smallest absolute Gasteiger partial charge is 0.315 e. The van der Waals surface area contributed by atoms with Crippen molar-refractivity contribution in [3.63, 3.8) is 0 Å². The van der Waals surface area contributed by atoms with Crippen LogP contribution in [0.15, 0.2) is 24.3 Å². The highest BCUT2D eigenvalue weighted by atomic mass is 16.3. The van der Waals surface area contributed by atoms with Crippen molar-refractivity contribution in [2.75, 3.05) is 19.6 Å². The van der Waals surface area contributed by atoms with Crippen molar-refractivity contribution >= 4 is 6.03 Å². The molecule has 3 N–H and O–H groups in total. The van der Waals surface area contributed by atoms with Crippen LogP contribution in [0.1, 0.15) is 49.3 Å². The number of aliphatic hydroxyl groups is 1. The van der Waals surface area contributed by atoms with Crippen molar-refractivity contribution in [3.05, 3.63) is 35.4 Å². The molecule has 2 fully saturated rings. The van der Waals surface area contributed by atoms with Gasteiger partial charge in [-0.1, -0.05) is 42.7 Å². The Morgan fingerprint density at radius 2 is 1.96 bits per heavy atom. The van der Waals surface area contributed by atoms with E-state index in [0.29, 0.717) is 0 Å². The summed E-state index contributed by atoms with van der Waals surface area (Å²) in [5.41, 5.74) is 1.99. The van der Waals surface area contributed by atoms with E-state index in [2.05, 4.69) is 15.5 Å².